The van der Waals surface area contributed by atoms with Crippen molar-refractivity contribution in [2.45, 2.75) is 13.3 Å². The number of carbonyl (C=O) groups excluding carboxylic acids is 2. The van der Waals surface area contributed by atoms with Crippen molar-refractivity contribution < 1.29 is 19.4 Å². The van der Waals surface area contributed by atoms with Gasteiger partial charge in [0, 0.05) is 62.3 Å². The molecule has 0 spiro atoms. The number of anilines is 5. The fourth-order valence-corrected chi connectivity index (χ4v) is 4.72. The van der Waals surface area contributed by atoms with E-state index < -0.39 is 11.5 Å². The molecular formula is C27H31N7O5. The van der Waals surface area contributed by atoms with Gasteiger partial charge in [-0.25, -0.2) is 4.98 Å². The Labute approximate surface area is 225 Å². The number of hydrogen-bond donors (Lipinski definition) is 5. The maximum atomic E-state index is 13.2. The average Bonchev–Trinajstić information content (AvgIpc) is 2.95. The number of benzene rings is 1. The minimum Gasteiger partial charge on any atom is -0.474 e. The second kappa shape index (κ2) is 11.4. The fourth-order valence-electron chi connectivity index (χ4n) is 4.72. The van der Waals surface area contributed by atoms with E-state index in [9.17, 15) is 14.4 Å². The van der Waals surface area contributed by atoms with Crippen molar-refractivity contribution in [2.75, 3.05) is 66.8 Å². The molecule has 204 valence electrons. The normalized spacial score (nSPS) is 14.6. The number of aliphatic hydroxyl groups is 1. The third-order valence-corrected chi connectivity index (χ3v) is 6.85. The van der Waals surface area contributed by atoms with Crippen LogP contribution < -0.4 is 31.1 Å². The lowest BCUT2D eigenvalue weighted by Crippen LogP contribution is -2.48. The highest BCUT2D eigenvalue weighted by Crippen LogP contribution is 2.34. The fraction of sp³-hybridized carbons (Fsp3) is 0.333. The molecule has 12 nitrogen and oxygen atoms in total. The number of carbonyl (C=O) groups is 2. The third-order valence-electron chi connectivity index (χ3n) is 6.85. The highest BCUT2D eigenvalue weighted by molar-refractivity contribution is 6.08. The molecule has 2 aromatic heterocycles. The number of pyridine rings is 2. The third kappa shape index (κ3) is 5.65. The van der Waals surface area contributed by atoms with Crippen LogP contribution >= 0.6 is 0 Å². The molecule has 0 aliphatic carbocycles. The number of aromatic nitrogens is 2. The van der Waals surface area contributed by atoms with Crippen molar-refractivity contribution in [3.63, 3.8) is 0 Å². The summed E-state index contributed by atoms with van der Waals surface area (Å²) in [5.74, 6) is -0.0643. The lowest BCUT2D eigenvalue weighted by molar-refractivity contribution is -0.132. The van der Waals surface area contributed by atoms with Crippen molar-refractivity contribution in [1.29, 1.82) is 0 Å². The summed E-state index contributed by atoms with van der Waals surface area (Å²) in [5, 5.41) is 18.3. The van der Waals surface area contributed by atoms with Crippen LogP contribution in [0.2, 0.25) is 0 Å². The molecule has 0 atom stereocenters. The van der Waals surface area contributed by atoms with Crippen molar-refractivity contribution in [2.24, 2.45) is 0 Å². The number of piperazine rings is 1. The van der Waals surface area contributed by atoms with Crippen LogP contribution in [-0.2, 0) is 4.79 Å². The summed E-state index contributed by atoms with van der Waals surface area (Å²) >= 11 is 0. The highest BCUT2D eigenvalue weighted by Gasteiger charge is 2.22. The van der Waals surface area contributed by atoms with E-state index in [4.69, 9.17) is 9.84 Å². The Morgan fingerprint density at radius 3 is 2.62 bits per heavy atom. The standard InChI is InChI=1S/C27H31N7O5/c1-17-21(16-30-27-24(17)28-9-15-39-27)32-20-6-8-29-25(37)23(20)26(38)31-18-2-4-19(5-3-18)33-10-12-34(13-11-33)22(36)7-14-35/h2-6,8,16,28,35H,7,9-15H2,1H3,(H,31,38)(H2,29,32,37). The number of amides is 2. The van der Waals surface area contributed by atoms with Gasteiger partial charge in [-0.2, -0.15) is 0 Å². The maximum Gasteiger partial charge on any atom is 0.263 e. The number of fused-ring (bicyclic) bond motifs is 1. The molecule has 0 bridgehead atoms. The lowest BCUT2D eigenvalue weighted by atomic mass is 10.1. The lowest BCUT2D eigenvalue weighted by Gasteiger charge is -2.36. The number of aromatic amines is 1. The van der Waals surface area contributed by atoms with Crippen LogP contribution in [0.25, 0.3) is 0 Å². The Morgan fingerprint density at radius 2 is 1.87 bits per heavy atom. The van der Waals surface area contributed by atoms with Crippen LogP contribution in [-0.4, -0.2) is 77.7 Å². The molecule has 2 aliphatic rings. The molecule has 2 amide bonds. The zero-order valence-corrected chi connectivity index (χ0v) is 21.6. The quantitative estimate of drug-likeness (QED) is 0.307. The van der Waals surface area contributed by atoms with E-state index in [2.05, 4.69) is 30.8 Å². The van der Waals surface area contributed by atoms with Gasteiger partial charge in [-0.15, -0.1) is 0 Å². The van der Waals surface area contributed by atoms with Gasteiger partial charge in [-0.1, -0.05) is 0 Å². The predicted octanol–water partition coefficient (Wildman–Crippen LogP) is 1.91. The van der Waals surface area contributed by atoms with E-state index in [1.165, 1.54) is 6.20 Å². The van der Waals surface area contributed by atoms with Crippen LogP contribution in [0.5, 0.6) is 5.88 Å². The average molecular weight is 534 g/mol. The van der Waals surface area contributed by atoms with E-state index >= 15 is 0 Å². The maximum absolute atomic E-state index is 13.2. The van der Waals surface area contributed by atoms with Gasteiger partial charge in [-0.05, 0) is 37.3 Å². The molecule has 5 rings (SSSR count). The minimum atomic E-state index is -0.548. The van der Waals surface area contributed by atoms with Crippen molar-refractivity contribution >= 4 is 40.3 Å². The Kier molecular flexibility index (Phi) is 7.64. The molecule has 0 saturated carbocycles. The van der Waals surface area contributed by atoms with Crippen LogP contribution in [0.1, 0.15) is 22.3 Å². The number of H-pyrrole nitrogens is 1. The van der Waals surface area contributed by atoms with Crippen molar-refractivity contribution in [3.05, 3.63) is 64.2 Å². The summed E-state index contributed by atoms with van der Waals surface area (Å²) in [5.41, 5.74) is 3.58. The molecule has 2 aliphatic heterocycles. The van der Waals surface area contributed by atoms with Gasteiger partial charge in [0.1, 0.15) is 17.9 Å². The molecule has 0 radical (unpaired) electrons. The summed E-state index contributed by atoms with van der Waals surface area (Å²) in [4.78, 5) is 48.8. The van der Waals surface area contributed by atoms with E-state index in [1.54, 1.807) is 29.3 Å². The Bertz CT molecular complexity index is 1420. The summed E-state index contributed by atoms with van der Waals surface area (Å²) in [6.45, 7) is 5.50. The second-order valence-corrected chi connectivity index (χ2v) is 9.32. The topological polar surface area (TPSA) is 152 Å². The summed E-state index contributed by atoms with van der Waals surface area (Å²) in [6, 6.07) is 8.99. The molecular weight excluding hydrogens is 502 g/mol. The molecule has 3 aromatic rings. The molecule has 12 heteroatoms. The summed E-state index contributed by atoms with van der Waals surface area (Å²) in [6.07, 6.45) is 3.24. The first-order valence-electron chi connectivity index (χ1n) is 12.8. The number of nitrogens with zero attached hydrogens (tertiary/aromatic N) is 3. The van der Waals surface area contributed by atoms with Gasteiger partial charge in [0.15, 0.2) is 0 Å². The van der Waals surface area contributed by atoms with E-state index in [1.807, 2.05) is 19.1 Å². The Morgan fingerprint density at radius 1 is 1.10 bits per heavy atom. The first kappa shape index (κ1) is 26.0. The number of aliphatic hydroxyl groups excluding tert-OH is 1. The molecule has 4 heterocycles. The van der Waals surface area contributed by atoms with Crippen LogP contribution in [0, 0.1) is 6.92 Å². The molecule has 1 fully saturated rings. The number of ether oxygens (including phenoxy) is 1. The molecule has 39 heavy (non-hydrogen) atoms. The molecule has 1 aromatic carbocycles. The zero-order valence-electron chi connectivity index (χ0n) is 21.6. The number of hydrogen-bond acceptors (Lipinski definition) is 9. The SMILES string of the molecule is Cc1c(Nc2cc[nH]c(=O)c2C(=O)Nc2ccc(N3CCN(C(=O)CCO)CC3)cc2)cnc2c1NCCO2. The second-order valence-electron chi connectivity index (χ2n) is 9.32. The van der Waals surface area contributed by atoms with Gasteiger partial charge in [0.05, 0.1) is 24.2 Å². The zero-order chi connectivity index (χ0) is 27.4. The first-order chi connectivity index (χ1) is 18.9. The van der Waals surface area contributed by atoms with E-state index in [-0.39, 0.29) is 24.5 Å². The van der Waals surface area contributed by atoms with Gasteiger partial charge >= 0.3 is 0 Å². The Hall–Kier alpha value is -4.58. The number of rotatable bonds is 7. The van der Waals surface area contributed by atoms with Crippen LogP contribution in [0.15, 0.2) is 47.5 Å². The van der Waals surface area contributed by atoms with Gasteiger partial charge < -0.3 is 40.6 Å². The van der Waals surface area contributed by atoms with Gasteiger partial charge in [0.25, 0.3) is 11.5 Å². The predicted molar refractivity (Wildman–Crippen MR) is 148 cm³/mol. The van der Waals surface area contributed by atoms with Crippen LogP contribution in [0.4, 0.5) is 28.4 Å². The molecule has 0 unspecified atom stereocenters. The molecule has 5 N–H and O–H groups in total. The smallest absolute Gasteiger partial charge is 0.263 e. The monoisotopic (exact) mass is 533 g/mol. The summed E-state index contributed by atoms with van der Waals surface area (Å²) < 4.78 is 5.58. The van der Waals surface area contributed by atoms with Gasteiger partial charge in [0.2, 0.25) is 11.8 Å². The van der Waals surface area contributed by atoms with Gasteiger partial charge in [-0.3, -0.25) is 14.4 Å². The highest BCUT2D eigenvalue weighted by atomic mass is 16.5. The van der Waals surface area contributed by atoms with Crippen LogP contribution in [0.3, 0.4) is 0 Å². The van der Waals surface area contributed by atoms with Crippen molar-refractivity contribution in [3.8, 4) is 5.88 Å². The van der Waals surface area contributed by atoms with Crippen molar-refractivity contribution in [1.82, 2.24) is 14.9 Å². The molecule has 1 saturated heterocycles. The van der Waals surface area contributed by atoms with E-state index in [0.29, 0.717) is 62.3 Å². The first-order valence-corrected chi connectivity index (χ1v) is 12.8. The summed E-state index contributed by atoms with van der Waals surface area (Å²) in [7, 11) is 0. The van der Waals surface area contributed by atoms with E-state index in [0.717, 1.165) is 16.9 Å². The Balaban J connectivity index is 1.27. The minimum absolute atomic E-state index is 0.0382. The number of nitrogens with one attached hydrogen (secondary N) is 4. The largest absolute Gasteiger partial charge is 0.474 e.